The summed E-state index contributed by atoms with van der Waals surface area (Å²) in [5.41, 5.74) is 0.000745. The molecule has 0 radical (unpaired) electrons. The molecular formula is C14H25NO3. The van der Waals surface area contributed by atoms with Gasteiger partial charge in [-0.2, -0.15) is 0 Å². The molecule has 3 aliphatic rings. The van der Waals surface area contributed by atoms with Crippen molar-refractivity contribution in [2.75, 3.05) is 26.4 Å². The first-order chi connectivity index (χ1) is 8.79. The van der Waals surface area contributed by atoms with Crippen molar-refractivity contribution < 1.29 is 14.6 Å². The number of ether oxygens (including phenoxy) is 2. The topological polar surface area (TPSA) is 50.7 Å². The summed E-state index contributed by atoms with van der Waals surface area (Å²) >= 11 is 0. The van der Waals surface area contributed by atoms with Gasteiger partial charge in [0, 0.05) is 25.9 Å². The van der Waals surface area contributed by atoms with Gasteiger partial charge in [0.05, 0.1) is 11.7 Å². The molecule has 0 aromatic heterocycles. The Morgan fingerprint density at radius 1 is 1.17 bits per heavy atom. The fourth-order valence-corrected chi connectivity index (χ4v) is 3.78. The van der Waals surface area contributed by atoms with Crippen LogP contribution in [0.1, 0.15) is 38.5 Å². The molecule has 0 saturated carbocycles. The normalized spacial score (nSPS) is 37.8. The largest absolute Gasteiger partial charge is 0.391 e. The van der Waals surface area contributed by atoms with Crippen LogP contribution >= 0.6 is 0 Å². The minimum atomic E-state index is -0.198. The average Bonchev–Trinajstić information content (AvgIpc) is 2.93. The van der Waals surface area contributed by atoms with Gasteiger partial charge >= 0.3 is 0 Å². The van der Waals surface area contributed by atoms with Crippen LogP contribution < -0.4 is 5.32 Å². The summed E-state index contributed by atoms with van der Waals surface area (Å²) in [5, 5.41) is 14.0. The molecule has 3 unspecified atom stereocenters. The Morgan fingerprint density at radius 2 is 2.00 bits per heavy atom. The van der Waals surface area contributed by atoms with Crippen molar-refractivity contribution in [2.45, 2.75) is 56.3 Å². The van der Waals surface area contributed by atoms with Gasteiger partial charge in [0.2, 0.25) is 0 Å². The molecule has 3 saturated heterocycles. The van der Waals surface area contributed by atoms with E-state index in [1.165, 1.54) is 6.42 Å². The first-order valence-corrected chi connectivity index (χ1v) is 7.42. The lowest BCUT2D eigenvalue weighted by atomic mass is 9.77. The predicted molar refractivity (Wildman–Crippen MR) is 68.5 cm³/mol. The van der Waals surface area contributed by atoms with Crippen LogP contribution in [0.25, 0.3) is 0 Å². The molecule has 3 heterocycles. The highest BCUT2D eigenvalue weighted by atomic mass is 16.5. The summed E-state index contributed by atoms with van der Waals surface area (Å²) in [6.45, 7) is 3.48. The van der Waals surface area contributed by atoms with Gasteiger partial charge in [-0.15, -0.1) is 0 Å². The van der Waals surface area contributed by atoms with E-state index in [1.807, 2.05) is 0 Å². The molecule has 0 aromatic rings. The van der Waals surface area contributed by atoms with Crippen LogP contribution in [0, 0.1) is 5.92 Å². The highest BCUT2D eigenvalue weighted by molar-refractivity contribution is 4.94. The highest BCUT2D eigenvalue weighted by Crippen LogP contribution is 2.39. The van der Waals surface area contributed by atoms with E-state index in [-0.39, 0.29) is 11.7 Å². The molecule has 4 nitrogen and oxygen atoms in total. The first kappa shape index (κ1) is 12.9. The fraction of sp³-hybridized carbons (Fsp3) is 1.00. The van der Waals surface area contributed by atoms with Crippen LogP contribution in [0.5, 0.6) is 0 Å². The van der Waals surface area contributed by atoms with E-state index in [9.17, 15) is 5.11 Å². The molecule has 3 aliphatic heterocycles. The number of rotatable bonds is 2. The molecule has 1 spiro atoms. The van der Waals surface area contributed by atoms with Crippen LogP contribution in [-0.4, -0.2) is 49.2 Å². The average molecular weight is 255 g/mol. The van der Waals surface area contributed by atoms with Gasteiger partial charge in [-0.05, 0) is 51.0 Å². The van der Waals surface area contributed by atoms with Gasteiger partial charge in [-0.1, -0.05) is 0 Å². The number of hydrogen-bond acceptors (Lipinski definition) is 4. The van der Waals surface area contributed by atoms with Gasteiger partial charge in [0.25, 0.3) is 0 Å². The Morgan fingerprint density at radius 3 is 2.72 bits per heavy atom. The molecule has 2 N–H and O–H groups in total. The van der Waals surface area contributed by atoms with Crippen LogP contribution in [0.15, 0.2) is 0 Å². The monoisotopic (exact) mass is 255 g/mol. The molecule has 0 amide bonds. The minimum absolute atomic E-state index is 0.000745. The van der Waals surface area contributed by atoms with Gasteiger partial charge in [-0.3, -0.25) is 0 Å². The molecule has 0 aliphatic carbocycles. The predicted octanol–water partition coefficient (Wildman–Crippen LogP) is 1.08. The molecule has 104 valence electrons. The Balaban J connectivity index is 1.62. The van der Waals surface area contributed by atoms with Gasteiger partial charge < -0.3 is 19.9 Å². The molecule has 4 heteroatoms. The summed E-state index contributed by atoms with van der Waals surface area (Å²) in [6, 6.07) is 0.310. The molecule has 0 bridgehead atoms. The van der Waals surface area contributed by atoms with Crippen molar-refractivity contribution in [3.8, 4) is 0 Å². The summed E-state index contributed by atoms with van der Waals surface area (Å²) in [6.07, 6.45) is 6.12. The Bertz CT molecular complexity index is 267. The van der Waals surface area contributed by atoms with Gasteiger partial charge in [0.15, 0.2) is 0 Å². The van der Waals surface area contributed by atoms with Crippen LogP contribution in [0.2, 0.25) is 0 Å². The SMILES string of the molecule is OC(C1CCOC2(CCOCC2)C1)C1CCCN1. The summed E-state index contributed by atoms with van der Waals surface area (Å²) < 4.78 is 11.5. The Kier molecular flexibility index (Phi) is 3.89. The smallest absolute Gasteiger partial charge is 0.0730 e. The third kappa shape index (κ3) is 2.57. The maximum atomic E-state index is 10.5. The molecule has 0 aromatic carbocycles. The van der Waals surface area contributed by atoms with Crippen molar-refractivity contribution in [1.29, 1.82) is 0 Å². The fourth-order valence-electron chi connectivity index (χ4n) is 3.78. The standard InChI is InChI=1S/C14H25NO3/c16-13(12-2-1-6-15-12)11-3-7-18-14(10-11)4-8-17-9-5-14/h11-13,15-16H,1-10H2. The van der Waals surface area contributed by atoms with Crippen molar-refractivity contribution in [3.63, 3.8) is 0 Å². The number of nitrogens with one attached hydrogen (secondary N) is 1. The van der Waals surface area contributed by atoms with Gasteiger partial charge in [-0.25, -0.2) is 0 Å². The minimum Gasteiger partial charge on any atom is -0.391 e. The maximum absolute atomic E-state index is 10.5. The second kappa shape index (κ2) is 5.45. The molecule has 3 fully saturated rings. The van der Waals surface area contributed by atoms with Crippen molar-refractivity contribution in [3.05, 3.63) is 0 Å². The van der Waals surface area contributed by atoms with Crippen LogP contribution in [0.3, 0.4) is 0 Å². The van der Waals surface area contributed by atoms with Crippen LogP contribution in [-0.2, 0) is 9.47 Å². The van der Waals surface area contributed by atoms with Crippen molar-refractivity contribution in [1.82, 2.24) is 5.32 Å². The second-order valence-electron chi connectivity index (χ2n) is 6.09. The summed E-state index contributed by atoms with van der Waals surface area (Å²) in [5.74, 6) is 0.396. The summed E-state index contributed by atoms with van der Waals surface area (Å²) in [4.78, 5) is 0. The Hall–Kier alpha value is -0.160. The van der Waals surface area contributed by atoms with Crippen LogP contribution in [0.4, 0.5) is 0 Å². The quantitative estimate of drug-likeness (QED) is 0.775. The lowest BCUT2D eigenvalue weighted by Crippen LogP contribution is -2.50. The number of aliphatic hydroxyl groups excluding tert-OH is 1. The number of hydrogen-bond donors (Lipinski definition) is 2. The van der Waals surface area contributed by atoms with Crippen molar-refractivity contribution >= 4 is 0 Å². The Labute approximate surface area is 109 Å². The molecular weight excluding hydrogens is 230 g/mol. The van der Waals surface area contributed by atoms with Crippen molar-refractivity contribution in [2.24, 2.45) is 5.92 Å². The molecule has 3 atom stereocenters. The zero-order valence-electron chi connectivity index (χ0n) is 11.1. The van der Waals surface area contributed by atoms with E-state index in [2.05, 4.69) is 5.32 Å². The molecule has 3 rings (SSSR count). The lowest BCUT2D eigenvalue weighted by Gasteiger charge is -2.45. The van der Waals surface area contributed by atoms with E-state index in [4.69, 9.17) is 9.47 Å². The third-order valence-electron chi connectivity index (χ3n) is 4.93. The zero-order chi connectivity index (χ0) is 12.4. The van der Waals surface area contributed by atoms with E-state index in [0.29, 0.717) is 12.0 Å². The second-order valence-corrected chi connectivity index (χ2v) is 6.09. The zero-order valence-corrected chi connectivity index (χ0v) is 11.1. The number of aliphatic hydroxyl groups is 1. The van der Waals surface area contributed by atoms with E-state index in [1.54, 1.807) is 0 Å². The highest BCUT2D eigenvalue weighted by Gasteiger charge is 2.42. The lowest BCUT2D eigenvalue weighted by molar-refractivity contribution is -0.160. The first-order valence-electron chi connectivity index (χ1n) is 7.42. The van der Waals surface area contributed by atoms with E-state index >= 15 is 0 Å². The van der Waals surface area contributed by atoms with E-state index in [0.717, 1.165) is 58.5 Å². The summed E-state index contributed by atoms with van der Waals surface area (Å²) in [7, 11) is 0. The van der Waals surface area contributed by atoms with E-state index < -0.39 is 0 Å². The van der Waals surface area contributed by atoms with Gasteiger partial charge in [0.1, 0.15) is 0 Å². The molecule has 18 heavy (non-hydrogen) atoms. The maximum Gasteiger partial charge on any atom is 0.0730 e. The third-order valence-corrected chi connectivity index (χ3v) is 4.93.